The summed E-state index contributed by atoms with van der Waals surface area (Å²) < 4.78 is 38.5. The third-order valence-electron chi connectivity index (χ3n) is 4.14. The van der Waals surface area contributed by atoms with Crippen LogP contribution in [0.2, 0.25) is 0 Å². The molecule has 0 radical (unpaired) electrons. The van der Waals surface area contributed by atoms with Gasteiger partial charge in [0, 0.05) is 16.9 Å². The molecule has 160 valence electrons. The molecule has 0 aliphatic rings. The molecule has 0 bridgehead atoms. The van der Waals surface area contributed by atoms with Gasteiger partial charge in [0.15, 0.2) is 0 Å². The molecule has 0 saturated carbocycles. The molecule has 0 aliphatic heterocycles. The van der Waals surface area contributed by atoms with Crippen molar-refractivity contribution in [1.82, 2.24) is 10.2 Å². The van der Waals surface area contributed by atoms with E-state index in [1.54, 1.807) is 0 Å². The number of nitrogens with zero attached hydrogens (tertiary/aromatic N) is 2. The van der Waals surface area contributed by atoms with Crippen molar-refractivity contribution in [2.45, 2.75) is 13.1 Å². The van der Waals surface area contributed by atoms with E-state index in [2.05, 4.69) is 20.8 Å². The van der Waals surface area contributed by atoms with Crippen molar-refractivity contribution in [1.29, 1.82) is 0 Å². The van der Waals surface area contributed by atoms with E-state index >= 15 is 0 Å². The van der Waals surface area contributed by atoms with Crippen LogP contribution in [-0.4, -0.2) is 26.9 Å². The number of alkyl halides is 3. The number of rotatable bonds is 5. The first-order valence-corrected chi connectivity index (χ1v) is 8.65. The lowest BCUT2D eigenvalue weighted by Crippen LogP contribution is -2.16. The van der Waals surface area contributed by atoms with E-state index in [-0.39, 0.29) is 22.6 Å². The van der Waals surface area contributed by atoms with Crippen LogP contribution in [0.15, 0.2) is 48.5 Å². The number of hydrogen-bond acceptors (Lipinski definition) is 5. The Labute approximate surface area is 172 Å². The Morgan fingerprint density at radius 1 is 1.03 bits per heavy atom. The van der Waals surface area contributed by atoms with Crippen LogP contribution in [0.25, 0.3) is 0 Å². The SMILES string of the molecule is Cc1[nH]nc(C(=O)Nc2cccc(C(=O)Nc3cccc(C(F)(F)F)c3)c2)c1[N+](=O)[O-]. The van der Waals surface area contributed by atoms with E-state index in [1.165, 1.54) is 37.3 Å². The van der Waals surface area contributed by atoms with Crippen LogP contribution >= 0.6 is 0 Å². The van der Waals surface area contributed by atoms with E-state index < -0.39 is 39.9 Å². The van der Waals surface area contributed by atoms with Crippen LogP contribution in [0, 0.1) is 17.0 Å². The van der Waals surface area contributed by atoms with E-state index in [1.807, 2.05) is 0 Å². The summed E-state index contributed by atoms with van der Waals surface area (Å²) in [4.78, 5) is 35.1. The van der Waals surface area contributed by atoms with Crippen LogP contribution in [0.4, 0.5) is 30.2 Å². The molecule has 1 heterocycles. The number of aryl methyl sites for hydroxylation is 1. The minimum Gasteiger partial charge on any atom is -0.322 e. The Hall–Kier alpha value is -4.22. The first-order chi connectivity index (χ1) is 14.6. The predicted octanol–water partition coefficient (Wildman–Crippen LogP) is 4.15. The molecule has 12 heteroatoms. The molecular formula is C19H14F3N5O4. The highest BCUT2D eigenvalue weighted by atomic mass is 19.4. The van der Waals surface area contributed by atoms with E-state index in [0.717, 1.165) is 18.2 Å². The standard InChI is InChI=1S/C19H14F3N5O4/c1-10-16(27(30)31)15(26-25-10)18(29)24-13-6-2-4-11(8-13)17(28)23-14-7-3-5-12(9-14)19(20,21)22/h2-9H,1H3,(H,23,28)(H,24,29)(H,25,26). The minimum absolute atomic E-state index is 0.0444. The van der Waals surface area contributed by atoms with Crippen molar-refractivity contribution in [2.75, 3.05) is 10.6 Å². The number of benzene rings is 2. The fourth-order valence-electron chi connectivity index (χ4n) is 2.71. The Morgan fingerprint density at radius 2 is 1.65 bits per heavy atom. The molecule has 1 aromatic heterocycles. The molecule has 31 heavy (non-hydrogen) atoms. The zero-order chi connectivity index (χ0) is 22.8. The molecule has 0 fully saturated rings. The van der Waals surface area contributed by atoms with Gasteiger partial charge < -0.3 is 10.6 Å². The van der Waals surface area contributed by atoms with Gasteiger partial charge in [0.1, 0.15) is 5.69 Å². The fraction of sp³-hybridized carbons (Fsp3) is 0.105. The molecular weight excluding hydrogens is 419 g/mol. The summed E-state index contributed by atoms with van der Waals surface area (Å²) in [7, 11) is 0. The summed E-state index contributed by atoms with van der Waals surface area (Å²) in [5.41, 5.74) is -1.60. The highest BCUT2D eigenvalue weighted by Crippen LogP contribution is 2.30. The van der Waals surface area contributed by atoms with Crippen LogP contribution in [0.3, 0.4) is 0 Å². The Kier molecular flexibility index (Phi) is 5.72. The number of amides is 2. The van der Waals surface area contributed by atoms with Gasteiger partial charge in [0.25, 0.3) is 11.8 Å². The largest absolute Gasteiger partial charge is 0.416 e. The summed E-state index contributed by atoms with van der Waals surface area (Å²) in [6, 6.07) is 9.66. The number of anilines is 2. The number of nitro groups is 1. The lowest BCUT2D eigenvalue weighted by Gasteiger charge is -2.10. The Morgan fingerprint density at radius 3 is 2.29 bits per heavy atom. The van der Waals surface area contributed by atoms with Crippen LogP contribution in [-0.2, 0) is 6.18 Å². The van der Waals surface area contributed by atoms with Crippen molar-refractivity contribution < 1.29 is 27.7 Å². The normalized spacial score (nSPS) is 11.1. The molecule has 3 aromatic rings. The highest BCUT2D eigenvalue weighted by Gasteiger charge is 2.30. The van der Waals surface area contributed by atoms with Crippen LogP contribution in [0.1, 0.15) is 32.1 Å². The summed E-state index contributed by atoms with van der Waals surface area (Å²) in [5.74, 6) is -1.58. The van der Waals surface area contributed by atoms with Gasteiger partial charge in [-0.25, -0.2) is 0 Å². The van der Waals surface area contributed by atoms with Crippen molar-refractivity contribution in [2.24, 2.45) is 0 Å². The lowest BCUT2D eigenvalue weighted by atomic mass is 10.1. The Balaban J connectivity index is 1.77. The zero-order valence-corrected chi connectivity index (χ0v) is 15.8. The summed E-state index contributed by atoms with van der Waals surface area (Å²) >= 11 is 0. The topological polar surface area (TPSA) is 130 Å². The van der Waals surface area contributed by atoms with Crippen molar-refractivity contribution in [3.63, 3.8) is 0 Å². The van der Waals surface area contributed by atoms with Crippen molar-refractivity contribution >= 4 is 28.9 Å². The number of carbonyl (C=O) groups excluding carboxylic acids is 2. The average molecular weight is 433 g/mol. The smallest absolute Gasteiger partial charge is 0.322 e. The van der Waals surface area contributed by atoms with E-state index in [9.17, 15) is 32.9 Å². The van der Waals surface area contributed by atoms with Gasteiger partial charge in [-0.1, -0.05) is 12.1 Å². The lowest BCUT2D eigenvalue weighted by molar-refractivity contribution is -0.385. The number of halogens is 3. The number of carbonyl (C=O) groups is 2. The van der Waals surface area contributed by atoms with Crippen molar-refractivity contribution in [3.8, 4) is 0 Å². The fourth-order valence-corrected chi connectivity index (χ4v) is 2.71. The highest BCUT2D eigenvalue weighted by molar-refractivity contribution is 6.08. The number of aromatic nitrogens is 2. The summed E-state index contributed by atoms with van der Waals surface area (Å²) in [5, 5.41) is 21.8. The quantitative estimate of drug-likeness (QED) is 0.411. The second-order valence-electron chi connectivity index (χ2n) is 6.37. The molecule has 3 rings (SSSR count). The number of aromatic amines is 1. The Bertz CT molecular complexity index is 1170. The third kappa shape index (κ3) is 4.86. The van der Waals surface area contributed by atoms with Gasteiger partial charge in [-0.15, -0.1) is 0 Å². The molecule has 0 saturated heterocycles. The predicted molar refractivity (Wildman–Crippen MR) is 104 cm³/mol. The first-order valence-electron chi connectivity index (χ1n) is 8.65. The molecule has 2 amide bonds. The van der Waals surface area contributed by atoms with Gasteiger partial charge in [0.05, 0.1) is 10.5 Å². The van der Waals surface area contributed by atoms with Crippen LogP contribution < -0.4 is 10.6 Å². The van der Waals surface area contributed by atoms with Gasteiger partial charge in [0.2, 0.25) is 5.69 Å². The second-order valence-corrected chi connectivity index (χ2v) is 6.37. The summed E-state index contributed by atoms with van der Waals surface area (Å²) in [6.45, 7) is 1.39. The van der Waals surface area contributed by atoms with Crippen LogP contribution in [0.5, 0.6) is 0 Å². The number of hydrogen-bond donors (Lipinski definition) is 3. The van der Waals surface area contributed by atoms with Gasteiger partial charge in [-0.2, -0.15) is 18.3 Å². The van der Waals surface area contributed by atoms with Gasteiger partial charge >= 0.3 is 11.9 Å². The second kappa shape index (κ2) is 8.26. The maximum atomic E-state index is 12.8. The molecule has 2 aromatic carbocycles. The minimum atomic E-state index is -4.56. The third-order valence-corrected chi connectivity index (χ3v) is 4.14. The monoisotopic (exact) mass is 433 g/mol. The number of H-pyrrole nitrogens is 1. The summed E-state index contributed by atoms with van der Waals surface area (Å²) in [6.07, 6.45) is -4.56. The first kappa shape index (κ1) is 21.5. The van der Waals surface area contributed by atoms with Gasteiger partial charge in [-0.05, 0) is 43.3 Å². The number of nitrogens with one attached hydrogen (secondary N) is 3. The average Bonchev–Trinajstić information content (AvgIpc) is 3.09. The molecule has 9 nitrogen and oxygen atoms in total. The molecule has 0 aliphatic carbocycles. The molecule has 0 atom stereocenters. The molecule has 0 unspecified atom stereocenters. The molecule has 0 spiro atoms. The molecule has 3 N–H and O–H groups in total. The van der Waals surface area contributed by atoms with Gasteiger partial charge in [-0.3, -0.25) is 24.8 Å². The van der Waals surface area contributed by atoms with Crippen molar-refractivity contribution in [3.05, 3.63) is 81.2 Å². The maximum Gasteiger partial charge on any atom is 0.416 e. The maximum absolute atomic E-state index is 12.8. The van der Waals surface area contributed by atoms with E-state index in [4.69, 9.17) is 0 Å². The zero-order valence-electron chi connectivity index (χ0n) is 15.8. The van der Waals surface area contributed by atoms with E-state index in [0.29, 0.717) is 0 Å².